The SMILES string of the molecule is COCCc1ccc(C[C@@H]2O[C@@]3(O)C[C@@H]4CCC5C[C@@]6(CCCCCC7CCCCC7)[C@@H]7C[C@](C)(C(=O)O)CC[C@@]7(C)CC[C@@]6(C)[C@@H]6CC[C@]2([C@@H]3C)[C@]4(CO)[C@]56C)cc1. The van der Waals surface area contributed by atoms with Gasteiger partial charge in [-0.05, 0) is 153 Å². The van der Waals surface area contributed by atoms with Gasteiger partial charge in [0.15, 0.2) is 5.79 Å². The molecule has 8 fully saturated rings. The number of aliphatic hydroxyl groups excluding tert-OH is 1. The Hall–Kier alpha value is -1.47. The fourth-order valence-corrected chi connectivity index (χ4v) is 18.9. The van der Waals surface area contributed by atoms with E-state index in [1.165, 1.54) is 94.6 Å². The van der Waals surface area contributed by atoms with Crippen molar-refractivity contribution in [2.45, 2.75) is 194 Å². The number of hydrogen-bond donors (Lipinski definition) is 3. The van der Waals surface area contributed by atoms with Crippen LogP contribution in [-0.4, -0.2) is 53.5 Å². The molecule has 1 saturated heterocycles. The van der Waals surface area contributed by atoms with E-state index in [1.807, 2.05) is 0 Å². The van der Waals surface area contributed by atoms with Gasteiger partial charge in [-0.15, -0.1) is 0 Å². The third-order valence-electron chi connectivity index (χ3n) is 22.1. The van der Waals surface area contributed by atoms with Gasteiger partial charge in [-0.2, -0.15) is 0 Å². The minimum atomic E-state index is -1.17. The summed E-state index contributed by atoms with van der Waals surface area (Å²) in [7, 11) is 1.76. The molecule has 7 aliphatic carbocycles. The maximum atomic E-state index is 13.2. The van der Waals surface area contributed by atoms with Gasteiger partial charge < -0.3 is 24.8 Å². The second-order valence-corrected chi connectivity index (χ2v) is 23.8. The number of fused-ring (bicyclic) bond motifs is 5. The van der Waals surface area contributed by atoms with Gasteiger partial charge >= 0.3 is 5.97 Å². The number of aliphatic hydroxyl groups is 2. The number of carboxylic acids is 1. The second kappa shape index (κ2) is 15.1. The maximum absolute atomic E-state index is 13.2. The Bertz CT molecular complexity index is 1710. The zero-order chi connectivity index (χ0) is 41.7. The van der Waals surface area contributed by atoms with Gasteiger partial charge in [-0.1, -0.05) is 110 Å². The number of carbonyl (C=O) groups is 1. The first-order chi connectivity index (χ1) is 28.1. The highest BCUT2D eigenvalue weighted by Crippen LogP contribution is 2.87. The summed E-state index contributed by atoms with van der Waals surface area (Å²) in [6, 6.07) is 9.00. The molecule has 0 radical (unpaired) electrons. The van der Waals surface area contributed by atoms with Crippen LogP contribution in [0.2, 0.25) is 0 Å². The van der Waals surface area contributed by atoms with Gasteiger partial charge in [0.25, 0.3) is 0 Å². The first-order valence-corrected chi connectivity index (χ1v) is 24.9. The maximum Gasteiger partial charge on any atom is 0.309 e. The van der Waals surface area contributed by atoms with Crippen molar-refractivity contribution in [1.82, 2.24) is 0 Å². The topological polar surface area (TPSA) is 96.2 Å². The zero-order valence-electron chi connectivity index (χ0n) is 38.1. The first-order valence-electron chi connectivity index (χ1n) is 24.9. The number of ether oxygens (including phenoxy) is 2. The summed E-state index contributed by atoms with van der Waals surface area (Å²) in [6.45, 7) is 13.2. The van der Waals surface area contributed by atoms with Crippen LogP contribution in [-0.2, 0) is 27.1 Å². The number of unbranched alkanes of at least 4 members (excludes halogenated alkanes) is 2. The van der Waals surface area contributed by atoms with Crippen LogP contribution in [0.25, 0.3) is 0 Å². The molecule has 59 heavy (non-hydrogen) atoms. The van der Waals surface area contributed by atoms with E-state index < -0.39 is 17.2 Å². The summed E-state index contributed by atoms with van der Waals surface area (Å²) in [5.41, 5.74) is 1.38. The minimum absolute atomic E-state index is 0.0538. The predicted molar refractivity (Wildman–Crippen MR) is 234 cm³/mol. The van der Waals surface area contributed by atoms with E-state index in [-0.39, 0.29) is 57.0 Å². The van der Waals surface area contributed by atoms with Crippen molar-refractivity contribution in [3.05, 3.63) is 35.4 Å². The lowest BCUT2D eigenvalue weighted by atomic mass is 9.22. The average molecular weight is 815 g/mol. The Kier molecular flexibility index (Phi) is 10.9. The highest BCUT2D eigenvalue weighted by atomic mass is 16.6. The standard InChI is InChI=1S/C53H82O6/c1-36-51-25-22-42-48(4)29-28-46(2)26-27-47(3,45(55)56)34-43(46)50(48,24-12-8-11-15-37-13-9-7-10-14-37)32-40-20-21-41(52(51,35-54)49(40,42)5)33-53(36,57)59-44(51)31-39-18-16-38(17-19-39)23-30-58-6/h16-19,36-37,40-44,54,57H,7-15,20-35H2,1-6H3,(H,55,56)/t36-,40?,41-,42-,43+,44-,46-,47+,48-,49+,50-,51+,52-,53-/m0/s1. The normalized spacial score (nSPS) is 48.8. The number of methoxy groups -OCH3 is 1. The summed E-state index contributed by atoms with van der Waals surface area (Å²) in [5, 5.41) is 36.0. The summed E-state index contributed by atoms with van der Waals surface area (Å²) < 4.78 is 12.5. The quantitative estimate of drug-likeness (QED) is 0.172. The van der Waals surface area contributed by atoms with E-state index in [1.54, 1.807) is 7.11 Å². The smallest absolute Gasteiger partial charge is 0.309 e. The third kappa shape index (κ3) is 5.92. The van der Waals surface area contributed by atoms with Crippen molar-refractivity contribution in [3.8, 4) is 0 Å². The summed E-state index contributed by atoms with van der Waals surface area (Å²) in [4.78, 5) is 13.2. The molecule has 8 aliphatic rings. The Balaban J connectivity index is 1.10. The van der Waals surface area contributed by atoms with Gasteiger partial charge in [0.2, 0.25) is 0 Å². The molecule has 0 aromatic heterocycles. The molecular weight excluding hydrogens is 733 g/mol. The van der Waals surface area contributed by atoms with Gasteiger partial charge in [-0.25, -0.2) is 0 Å². The molecule has 6 heteroatoms. The van der Waals surface area contributed by atoms with Crippen molar-refractivity contribution in [2.24, 2.45) is 73.4 Å². The number of rotatable bonds is 13. The van der Waals surface area contributed by atoms with Crippen molar-refractivity contribution < 1.29 is 29.6 Å². The molecule has 1 spiro atoms. The Morgan fingerprint density at radius 1 is 0.814 bits per heavy atom. The van der Waals surface area contributed by atoms with Gasteiger partial charge in [0.05, 0.1) is 24.7 Å². The molecule has 1 aromatic rings. The highest BCUT2D eigenvalue weighted by molar-refractivity contribution is 5.74. The Morgan fingerprint density at radius 3 is 2.24 bits per heavy atom. The van der Waals surface area contributed by atoms with Crippen LogP contribution in [0.3, 0.4) is 0 Å². The fourth-order valence-electron chi connectivity index (χ4n) is 18.9. The van der Waals surface area contributed by atoms with Gasteiger partial charge in [0, 0.05) is 30.3 Å². The molecule has 7 saturated carbocycles. The lowest BCUT2D eigenvalue weighted by Crippen LogP contribution is -2.79. The van der Waals surface area contributed by atoms with Crippen LogP contribution in [0, 0.1) is 73.4 Å². The lowest BCUT2D eigenvalue weighted by Gasteiger charge is -2.82. The molecule has 14 atom stereocenters. The summed E-state index contributed by atoms with van der Waals surface area (Å²) in [6.07, 6.45) is 26.2. The van der Waals surface area contributed by atoms with Crippen LogP contribution in [0.15, 0.2) is 24.3 Å². The molecular formula is C53H82O6. The van der Waals surface area contributed by atoms with Crippen molar-refractivity contribution in [1.29, 1.82) is 0 Å². The predicted octanol–water partition coefficient (Wildman–Crippen LogP) is 11.6. The van der Waals surface area contributed by atoms with Crippen molar-refractivity contribution in [3.63, 3.8) is 0 Å². The molecule has 1 aliphatic heterocycles. The second-order valence-electron chi connectivity index (χ2n) is 23.8. The zero-order valence-corrected chi connectivity index (χ0v) is 38.1. The van der Waals surface area contributed by atoms with E-state index in [9.17, 15) is 20.1 Å². The fraction of sp³-hybridized carbons (Fsp3) is 0.868. The molecule has 3 N–H and O–H groups in total. The monoisotopic (exact) mass is 815 g/mol. The van der Waals surface area contributed by atoms with E-state index >= 15 is 0 Å². The highest BCUT2D eigenvalue weighted by Gasteiger charge is 2.85. The van der Waals surface area contributed by atoms with Gasteiger partial charge in [-0.3, -0.25) is 4.79 Å². The van der Waals surface area contributed by atoms with Crippen molar-refractivity contribution >= 4 is 5.97 Å². The average Bonchev–Trinajstić information content (AvgIpc) is 3.35. The summed E-state index contributed by atoms with van der Waals surface area (Å²) in [5.74, 6) is 0.627. The van der Waals surface area contributed by atoms with Crippen LogP contribution in [0.1, 0.15) is 181 Å². The molecule has 1 heterocycles. The van der Waals surface area contributed by atoms with Crippen LogP contribution in [0.4, 0.5) is 0 Å². The van der Waals surface area contributed by atoms with E-state index in [0.717, 1.165) is 63.7 Å². The lowest BCUT2D eigenvalue weighted by molar-refractivity contribution is -0.358. The van der Waals surface area contributed by atoms with Crippen molar-refractivity contribution in [2.75, 3.05) is 20.3 Å². The molecule has 0 amide bonds. The largest absolute Gasteiger partial charge is 0.481 e. The minimum Gasteiger partial charge on any atom is -0.481 e. The molecule has 330 valence electrons. The number of hydrogen-bond acceptors (Lipinski definition) is 5. The van der Waals surface area contributed by atoms with E-state index in [0.29, 0.717) is 30.8 Å². The van der Waals surface area contributed by atoms with E-state index in [4.69, 9.17) is 9.47 Å². The number of carboxylic acid groups (broad SMARTS) is 1. The van der Waals surface area contributed by atoms with Gasteiger partial charge in [0.1, 0.15) is 0 Å². The number of benzene rings is 1. The van der Waals surface area contributed by atoms with Crippen LogP contribution < -0.4 is 0 Å². The first kappa shape index (κ1) is 42.8. The van der Waals surface area contributed by atoms with Crippen LogP contribution >= 0.6 is 0 Å². The number of aliphatic carboxylic acids is 1. The molecule has 6 nitrogen and oxygen atoms in total. The van der Waals surface area contributed by atoms with Crippen LogP contribution in [0.5, 0.6) is 0 Å². The third-order valence-corrected chi connectivity index (χ3v) is 22.1. The Labute approximate surface area is 357 Å². The summed E-state index contributed by atoms with van der Waals surface area (Å²) >= 11 is 0. The van der Waals surface area contributed by atoms with E-state index in [2.05, 4.69) is 58.9 Å². The molecule has 9 rings (SSSR count). The molecule has 2 bridgehead atoms. The molecule has 1 aromatic carbocycles. The molecule has 1 unspecified atom stereocenters. The Morgan fingerprint density at radius 2 is 1.53 bits per heavy atom.